The van der Waals surface area contributed by atoms with E-state index in [9.17, 15) is 19.2 Å². The van der Waals surface area contributed by atoms with E-state index in [4.69, 9.17) is 14.2 Å². The zero-order valence-electron chi connectivity index (χ0n) is 19.4. The van der Waals surface area contributed by atoms with Gasteiger partial charge in [0, 0.05) is 39.7 Å². The second-order valence-corrected chi connectivity index (χ2v) is 10.0. The highest BCUT2D eigenvalue weighted by atomic mass is 16.6. The molecule has 3 fully saturated rings. The van der Waals surface area contributed by atoms with Crippen molar-refractivity contribution in [2.45, 2.75) is 38.1 Å². The second kappa shape index (κ2) is 7.38. The van der Waals surface area contributed by atoms with Gasteiger partial charge in [0.1, 0.15) is 12.2 Å². The van der Waals surface area contributed by atoms with Crippen molar-refractivity contribution in [2.75, 3.05) is 0 Å². The molecule has 4 aliphatic rings. The van der Waals surface area contributed by atoms with Crippen LogP contribution in [-0.2, 0) is 34.2 Å². The van der Waals surface area contributed by atoms with Crippen molar-refractivity contribution >= 4 is 23.7 Å². The van der Waals surface area contributed by atoms with Gasteiger partial charge in [0.15, 0.2) is 11.4 Å². The van der Waals surface area contributed by atoms with Gasteiger partial charge in [0.05, 0.1) is 11.8 Å². The summed E-state index contributed by atoms with van der Waals surface area (Å²) in [7, 11) is 0. The van der Waals surface area contributed by atoms with Crippen molar-refractivity contribution < 1.29 is 33.4 Å². The van der Waals surface area contributed by atoms with Gasteiger partial charge in [-0.15, -0.1) is 0 Å². The Morgan fingerprint density at radius 2 is 1.60 bits per heavy atom. The van der Waals surface area contributed by atoms with Crippen LogP contribution in [0.5, 0.6) is 0 Å². The molecule has 6 atom stereocenters. The van der Waals surface area contributed by atoms with Gasteiger partial charge in [-0.25, -0.2) is 4.79 Å². The van der Waals surface area contributed by atoms with Gasteiger partial charge >= 0.3 is 17.9 Å². The van der Waals surface area contributed by atoms with Gasteiger partial charge in [-0.1, -0.05) is 55.1 Å². The quantitative estimate of drug-likeness (QED) is 0.383. The van der Waals surface area contributed by atoms with Crippen molar-refractivity contribution in [1.82, 2.24) is 0 Å². The Bertz CT molecular complexity index is 1270. The van der Waals surface area contributed by atoms with E-state index in [1.807, 2.05) is 0 Å². The first-order valence-electron chi connectivity index (χ1n) is 11.8. The molecule has 3 aliphatic carbocycles. The van der Waals surface area contributed by atoms with E-state index in [0.717, 1.165) is 0 Å². The molecule has 2 aromatic rings. The molecule has 35 heavy (non-hydrogen) atoms. The number of ketones is 1. The van der Waals surface area contributed by atoms with E-state index in [-0.39, 0.29) is 17.3 Å². The third-order valence-electron chi connectivity index (χ3n) is 8.09. The Labute approximate surface area is 202 Å². The molecule has 2 bridgehead atoms. The van der Waals surface area contributed by atoms with Crippen LogP contribution in [0, 0.1) is 23.7 Å². The Balaban J connectivity index is 1.38. The number of carbonyl (C=O) groups is 4. The molecule has 7 heteroatoms. The normalized spacial score (nSPS) is 30.8. The smallest absolute Gasteiger partial charge is 0.333 e. The van der Waals surface area contributed by atoms with Crippen LogP contribution in [0.3, 0.4) is 0 Å². The maximum atomic E-state index is 13.8. The van der Waals surface area contributed by atoms with Crippen LogP contribution in [0.25, 0.3) is 0 Å². The maximum Gasteiger partial charge on any atom is 0.333 e. The summed E-state index contributed by atoms with van der Waals surface area (Å²) in [5, 5.41) is 0. The minimum atomic E-state index is -1.23. The number of ether oxygens (including phenoxy) is 3. The monoisotopic (exact) mass is 472 g/mol. The molecule has 1 saturated heterocycles. The standard InChI is InChI=1S/C28H24O7/c1-13(2)25(30)33-23-17-12-16-20(26(31)34-24(16)23)21(17)27(32)35-28(3)18-10-6-4-8-14(18)22(29)15-9-5-7-11-19(15)28/h4-11,16-17,20-21,23-24H,1,12H2,2-3H3. The van der Waals surface area contributed by atoms with E-state index < -0.39 is 53.5 Å². The Hall–Kier alpha value is -3.74. The first-order chi connectivity index (χ1) is 16.7. The van der Waals surface area contributed by atoms with Gasteiger partial charge in [0.2, 0.25) is 0 Å². The van der Waals surface area contributed by atoms with E-state index in [2.05, 4.69) is 6.58 Å². The fraction of sp³-hybridized carbons (Fsp3) is 0.357. The minimum absolute atomic E-state index is 0.126. The lowest BCUT2D eigenvalue weighted by Crippen LogP contribution is -2.46. The maximum absolute atomic E-state index is 13.8. The fourth-order valence-electron chi connectivity index (χ4n) is 6.56. The summed E-state index contributed by atoms with van der Waals surface area (Å²) in [5.74, 6) is -3.74. The predicted molar refractivity (Wildman–Crippen MR) is 122 cm³/mol. The molecule has 0 radical (unpaired) electrons. The van der Waals surface area contributed by atoms with Gasteiger partial charge in [0.25, 0.3) is 0 Å². The van der Waals surface area contributed by atoms with Crippen molar-refractivity contribution in [3.8, 4) is 0 Å². The Morgan fingerprint density at radius 1 is 1.00 bits per heavy atom. The summed E-state index contributed by atoms with van der Waals surface area (Å²) in [6.45, 7) is 6.94. The van der Waals surface area contributed by atoms with E-state index in [0.29, 0.717) is 28.7 Å². The van der Waals surface area contributed by atoms with Crippen LogP contribution in [0.4, 0.5) is 0 Å². The molecule has 7 nitrogen and oxygen atoms in total. The van der Waals surface area contributed by atoms with Gasteiger partial charge in [-0.05, 0) is 20.3 Å². The highest BCUT2D eigenvalue weighted by Crippen LogP contribution is 2.59. The van der Waals surface area contributed by atoms with Crippen molar-refractivity contribution in [2.24, 2.45) is 23.7 Å². The first-order valence-corrected chi connectivity index (χ1v) is 11.8. The topological polar surface area (TPSA) is 96.0 Å². The van der Waals surface area contributed by atoms with Crippen LogP contribution >= 0.6 is 0 Å². The number of rotatable bonds is 4. The number of benzene rings is 2. The lowest BCUT2D eigenvalue weighted by Gasteiger charge is -2.38. The molecule has 1 heterocycles. The highest BCUT2D eigenvalue weighted by molar-refractivity contribution is 6.13. The number of hydrogen-bond acceptors (Lipinski definition) is 7. The van der Waals surface area contributed by atoms with Crippen molar-refractivity contribution in [3.05, 3.63) is 82.9 Å². The van der Waals surface area contributed by atoms with Crippen molar-refractivity contribution in [3.63, 3.8) is 0 Å². The average molecular weight is 472 g/mol. The third kappa shape index (κ3) is 2.90. The number of hydrogen-bond donors (Lipinski definition) is 0. The number of esters is 3. The van der Waals surface area contributed by atoms with Crippen LogP contribution in [0.15, 0.2) is 60.7 Å². The molecule has 1 aliphatic heterocycles. The summed E-state index contributed by atoms with van der Waals surface area (Å²) in [6.07, 6.45) is -0.726. The lowest BCUT2D eigenvalue weighted by molar-refractivity contribution is -0.170. The molecule has 6 unspecified atom stereocenters. The van der Waals surface area contributed by atoms with Crippen LogP contribution in [0.1, 0.15) is 47.3 Å². The van der Waals surface area contributed by atoms with Crippen molar-refractivity contribution in [1.29, 1.82) is 0 Å². The summed E-state index contributed by atoms with van der Waals surface area (Å²) in [4.78, 5) is 52.0. The molecule has 0 amide bonds. The number of carbonyl (C=O) groups excluding carboxylic acids is 4. The second-order valence-electron chi connectivity index (χ2n) is 10.0. The third-order valence-corrected chi connectivity index (χ3v) is 8.09. The van der Waals surface area contributed by atoms with Crippen LogP contribution in [-0.4, -0.2) is 35.9 Å². The number of fused-ring (bicyclic) bond motifs is 3. The van der Waals surface area contributed by atoms with E-state index >= 15 is 0 Å². The van der Waals surface area contributed by atoms with Crippen LogP contribution < -0.4 is 0 Å². The van der Waals surface area contributed by atoms with Gasteiger partial charge in [-0.3, -0.25) is 14.4 Å². The molecule has 2 saturated carbocycles. The summed E-state index contributed by atoms with van der Waals surface area (Å²) in [6, 6.07) is 14.2. The predicted octanol–water partition coefficient (Wildman–Crippen LogP) is 3.33. The highest BCUT2D eigenvalue weighted by Gasteiger charge is 2.70. The summed E-state index contributed by atoms with van der Waals surface area (Å²) >= 11 is 0. The Morgan fingerprint density at radius 3 is 2.20 bits per heavy atom. The first kappa shape index (κ1) is 21.8. The molecule has 0 N–H and O–H groups in total. The van der Waals surface area contributed by atoms with E-state index in [1.165, 1.54) is 0 Å². The van der Waals surface area contributed by atoms with E-state index in [1.54, 1.807) is 62.4 Å². The molecular formula is C28H24O7. The van der Waals surface area contributed by atoms with Gasteiger partial charge < -0.3 is 14.2 Å². The summed E-state index contributed by atoms with van der Waals surface area (Å²) in [5.41, 5.74) is 1.15. The molecule has 6 rings (SSSR count). The molecule has 2 aromatic carbocycles. The summed E-state index contributed by atoms with van der Waals surface area (Å²) < 4.78 is 17.5. The molecule has 0 aromatic heterocycles. The zero-order chi connectivity index (χ0) is 24.6. The SMILES string of the molecule is C=C(C)C(=O)OC1C2CC3C1OC(=O)C3C2C(=O)OC1(C)c2ccccc2C(=O)c2ccccc21. The Kier molecular flexibility index (Phi) is 4.59. The molecular weight excluding hydrogens is 448 g/mol. The van der Waals surface area contributed by atoms with Gasteiger partial charge in [-0.2, -0.15) is 0 Å². The largest absolute Gasteiger partial charge is 0.458 e. The minimum Gasteiger partial charge on any atom is -0.458 e. The lowest BCUT2D eigenvalue weighted by atomic mass is 9.74. The fourth-order valence-corrected chi connectivity index (χ4v) is 6.56. The molecule has 178 valence electrons. The average Bonchev–Trinajstić information content (AvgIpc) is 3.46. The molecule has 0 spiro atoms. The zero-order valence-corrected chi connectivity index (χ0v) is 19.4. The van der Waals surface area contributed by atoms with Crippen LogP contribution in [0.2, 0.25) is 0 Å².